The number of amides is 1. The van der Waals surface area contributed by atoms with Gasteiger partial charge >= 0.3 is 0 Å². The van der Waals surface area contributed by atoms with Crippen LogP contribution in [0.3, 0.4) is 0 Å². The zero-order valence-corrected chi connectivity index (χ0v) is 21.1. The van der Waals surface area contributed by atoms with E-state index in [0.29, 0.717) is 54.1 Å². The number of hydrogen-bond acceptors (Lipinski definition) is 6. The van der Waals surface area contributed by atoms with Gasteiger partial charge in [0.05, 0.1) is 22.9 Å². The fraction of sp³-hybridized carbons (Fsp3) is 0.480. The van der Waals surface area contributed by atoms with E-state index in [9.17, 15) is 9.90 Å². The van der Waals surface area contributed by atoms with Crippen LogP contribution in [-0.4, -0.2) is 43.6 Å². The van der Waals surface area contributed by atoms with E-state index in [2.05, 4.69) is 10.3 Å². The summed E-state index contributed by atoms with van der Waals surface area (Å²) in [4.78, 5) is 22.2. The van der Waals surface area contributed by atoms with Crippen LogP contribution < -0.4 is 15.8 Å². The third-order valence-electron chi connectivity index (χ3n) is 6.45. The number of aromatic nitrogens is 3. The highest BCUT2D eigenvalue weighted by atomic mass is 35.5. The highest BCUT2D eigenvalue weighted by Gasteiger charge is 2.31. The number of anilines is 1. The van der Waals surface area contributed by atoms with Gasteiger partial charge in [-0.15, -0.1) is 0 Å². The Bertz CT molecular complexity index is 1250. The van der Waals surface area contributed by atoms with Gasteiger partial charge in [0.1, 0.15) is 28.5 Å². The lowest BCUT2D eigenvalue weighted by atomic mass is 9.92. The molecule has 0 aliphatic heterocycles. The zero-order chi connectivity index (χ0) is 25.4. The Morgan fingerprint density at radius 1 is 1.31 bits per heavy atom. The number of rotatable bonds is 6. The summed E-state index contributed by atoms with van der Waals surface area (Å²) in [7, 11) is 0. The first-order valence-corrected chi connectivity index (χ1v) is 12.2. The number of nitrogen functional groups attached to an aromatic ring is 1. The summed E-state index contributed by atoms with van der Waals surface area (Å²) >= 11 is 6.31. The smallest absolute Gasteiger partial charge is 0.258 e. The molecule has 1 fully saturated rings. The lowest BCUT2D eigenvalue weighted by Crippen LogP contribution is -2.39. The average molecular weight is 504 g/mol. The second-order valence-electron chi connectivity index (χ2n) is 9.42. The van der Waals surface area contributed by atoms with Crippen LogP contribution in [0.2, 0.25) is 5.02 Å². The molecule has 0 unspecified atom stereocenters. The minimum absolute atomic E-state index is 0.138. The molecule has 0 radical (unpaired) electrons. The molecule has 0 saturated heterocycles. The minimum atomic E-state index is -0.829. The largest absolute Gasteiger partial charge is 0.490 e. The van der Waals surface area contributed by atoms with Gasteiger partial charge in [-0.2, -0.15) is 0 Å². The van der Waals surface area contributed by atoms with Gasteiger partial charge in [0, 0.05) is 29.9 Å². The molecule has 1 aliphatic rings. The van der Waals surface area contributed by atoms with Crippen LogP contribution >= 0.6 is 11.6 Å². The number of aliphatic hydroxyl groups is 1. The number of hydrogen-bond donors (Lipinski definition) is 3. The van der Waals surface area contributed by atoms with Crippen molar-refractivity contribution in [2.45, 2.75) is 77.5 Å². The van der Waals surface area contributed by atoms with Crippen molar-refractivity contribution in [2.24, 2.45) is 0 Å². The highest BCUT2D eigenvalue weighted by Crippen LogP contribution is 2.40. The maximum Gasteiger partial charge on any atom is 0.258 e. The number of aliphatic hydroxyl groups excluding tert-OH is 1. The predicted molar refractivity (Wildman–Crippen MR) is 133 cm³/mol. The summed E-state index contributed by atoms with van der Waals surface area (Å²) in [5.41, 5.74) is 7.78. The standard InChI is InChI=1S/C25H31ClFN5O3/c1-12(2)35-22-17(13(3)24-30-14(4)21-23(28)29-9-10-32(21)24)11-18(26)20(27)19(22)25(34)31-15-5-7-16(33)8-6-15/h9-13,15-16,33H,5-8H2,1-4H3,(H2,28,29)(H,31,34)/t13-,15?,16?/m0/s1. The van der Waals surface area contributed by atoms with Gasteiger partial charge in [0.25, 0.3) is 5.91 Å². The summed E-state index contributed by atoms with van der Waals surface area (Å²) in [5, 5.41) is 12.5. The number of benzene rings is 1. The Balaban J connectivity index is 1.81. The normalized spacial score (nSPS) is 19.2. The molecule has 1 atom stereocenters. The molecular weight excluding hydrogens is 473 g/mol. The molecule has 4 rings (SSSR count). The quantitative estimate of drug-likeness (QED) is 0.459. The number of nitrogens with zero attached hydrogens (tertiary/aromatic N) is 3. The molecule has 10 heteroatoms. The molecule has 2 aromatic heterocycles. The SMILES string of the molecule is Cc1nc([C@@H](C)c2cc(Cl)c(F)c(C(=O)NC3CCC(O)CC3)c2OC(C)C)n2ccnc(N)c12. The van der Waals surface area contributed by atoms with Gasteiger partial charge in [0.15, 0.2) is 5.82 Å². The van der Waals surface area contributed by atoms with Gasteiger partial charge in [-0.3, -0.25) is 9.20 Å². The fourth-order valence-electron chi connectivity index (χ4n) is 4.71. The van der Waals surface area contributed by atoms with Crippen molar-refractivity contribution in [3.05, 3.63) is 51.9 Å². The van der Waals surface area contributed by atoms with E-state index < -0.39 is 17.6 Å². The van der Waals surface area contributed by atoms with Crippen molar-refractivity contribution in [3.8, 4) is 5.75 Å². The maximum absolute atomic E-state index is 15.4. The van der Waals surface area contributed by atoms with Crippen LogP contribution in [-0.2, 0) is 0 Å². The molecule has 188 valence electrons. The van der Waals surface area contributed by atoms with Crippen LogP contribution in [0.15, 0.2) is 18.5 Å². The van der Waals surface area contributed by atoms with Crippen molar-refractivity contribution in [3.63, 3.8) is 0 Å². The fourth-order valence-corrected chi connectivity index (χ4v) is 4.92. The third kappa shape index (κ3) is 4.92. The molecule has 8 nitrogen and oxygen atoms in total. The van der Waals surface area contributed by atoms with Crippen LogP contribution in [0.25, 0.3) is 5.52 Å². The number of imidazole rings is 1. The van der Waals surface area contributed by atoms with Crippen LogP contribution in [0, 0.1) is 12.7 Å². The second-order valence-corrected chi connectivity index (χ2v) is 9.83. The van der Waals surface area contributed by atoms with Crippen LogP contribution in [0.1, 0.15) is 79.8 Å². The van der Waals surface area contributed by atoms with Crippen molar-refractivity contribution in [1.29, 1.82) is 0 Å². The molecule has 2 heterocycles. The second kappa shape index (κ2) is 9.99. The Morgan fingerprint density at radius 3 is 2.66 bits per heavy atom. The molecule has 4 N–H and O–H groups in total. The molecule has 0 bridgehead atoms. The predicted octanol–water partition coefficient (Wildman–Crippen LogP) is 4.38. The van der Waals surface area contributed by atoms with Crippen LogP contribution in [0.4, 0.5) is 10.2 Å². The first-order chi connectivity index (χ1) is 16.6. The van der Waals surface area contributed by atoms with E-state index in [-0.39, 0.29) is 34.6 Å². The molecule has 1 aromatic carbocycles. The molecule has 1 aliphatic carbocycles. The zero-order valence-electron chi connectivity index (χ0n) is 20.3. The molecule has 1 saturated carbocycles. The number of aryl methyl sites for hydroxylation is 1. The number of carbonyl (C=O) groups is 1. The van der Waals surface area contributed by atoms with E-state index in [4.69, 9.17) is 27.1 Å². The Morgan fingerprint density at radius 2 is 2.00 bits per heavy atom. The van der Waals surface area contributed by atoms with Crippen molar-refractivity contribution in [1.82, 2.24) is 19.7 Å². The minimum Gasteiger partial charge on any atom is -0.490 e. The van der Waals surface area contributed by atoms with E-state index in [1.54, 1.807) is 12.4 Å². The number of carbonyl (C=O) groups excluding carboxylic acids is 1. The Labute approximate surface area is 208 Å². The Hall–Kier alpha value is -2.91. The van der Waals surface area contributed by atoms with E-state index in [0.717, 1.165) is 0 Å². The van der Waals surface area contributed by atoms with Gasteiger partial charge < -0.3 is 20.9 Å². The van der Waals surface area contributed by atoms with Gasteiger partial charge in [-0.1, -0.05) is 18.5 Å². The van der Waals surface area contributed by atoms with Crippen LogP contribution in [0.5, 0.6) is 5.75 Å². The van der Waals surface area contributed by atoms with E-state index in [1.165, 1.54) is 6.07 Å². The van der Waals surface area contributed by atoms with Crippen molar-refractivity contribution >= 4 is 28.8 Å². The lowest BCUT2D eigenvalue weighted by Gasteiger charge is -2.27. The monoisotopic (exact) mass is 503 g/mol. The number of nitrogens with two attached hydrogens (primary N) is 1. The van der Waals surface area contributed by atoms with Gasteiger partial charge in [0.2, 0.25) is 0 Å². The number of ether oxygens (including phenoxy) is 1. The lowest BCUT2D eigenvalue weighted by molar-refractivity contribution is 0.0858. The third-order valence-corrected chi connectivity index (χ3v) is 6.73. The van der Waals surface area contributed by atoms with E-state index >= 15 is 4.39 Å². The number of halogens is 2. The molecule has 1 amide bonds. The number of fused-ring (bicyclic) bond motifs is 1. The van der Waals surface area contributed by atoms with Gasteiger partial charge in [-0.25, -0.2) is 14.4 Å². The summed E-state index contributed by atoms with van der Waals surface area (Å²) in [5.74, 6) is -0.711. The van der Waals surface area contributed by atoms with Gasteiger partial charge in [-0.05, 0) is 52.5 Å². The average Bonchev–Trinajstić information content (AvgIpc) is 3.14. The Kier molecular flexibility index (Phi) is 7.19. The summed E-state index contributed by atoms with van der Waals surface area (Å²) in [6, 6.07) is 1.33. The van der Waals surface area contributed by atoms with Crippen molar-refractivity contribution < 1.29 is 19.0 Å². The summed E-state index contributed by atoms with van der Waals surface area (Å²) < 4.78 is 23.3. The first kappa shape index (κ1) is 25.2. The summed E-state index contributed by atoms with van der Waals surface area (Å²) in [6.07, 6.45) is 5.07. The maximum atomic E-state index is 15.4. The van der Waals surface area contributed by atoms with E-state index in [1.807, 2.05) is 32.1 Å². The molecule has 3 aromatic rings. The molecule has 0 spiro atoms. The first-order valence-electron chi connectivity index (χ1n) is 11.8. The number of nitrogens with one attached hydrogen (secondary N) is 1. The molecular formula is C25H31ClFN5O3. The highest BCUT2D eigenvalue weighted by molar-refractivity contribution is 6.31. The topological polar surface area (TPSA) is 115 Å². The van der Waals surface area contributed by atoms with Crippen molar-refractivity contribution in [2.75, 3.05) is 5.73 Å². The molecule has 35 heavy (non-hydrogen) atoms. The summed E-state index contributed by atoms with van der Waals surface area (Å²) in [6.45, 7) is 7.36.